The first-order valence-electron chi connectivity index (χ1n) is 9.62. The largest absolute Gasteiger partial charge is 0.354 e. The zero-order valence-electron chi connectivity index (χ0n) is 15.9. The fraction of sp³-hybridized carbons (Fsp3) is 0.136. The van der Waals surface area contributed by atoms with Crippen molar-refractivity contribution >= 4 is 23.0 Å². The van der Waals surface area contributed by atoms with E-state index in [9.17, 15) is 4.79 Å². The Bertz CT molecular complexity index is 1170. The van der Waals surface area contributed by atoms with Crippen molar-refractivity contribution in [2.45, 2.75) is 18.8 Å². The van der Waals surface area contributed by atoms with Crippen LogP contribution in [0.3, 0.4) is 0 Å². The van der Waals surface area contributed by atoms with Crippen molar-refractivity contribution in [3.05, 3.63) is 78.8 Å². The second-order valence-electron chi connectivity index (χ2n) is 7.05. The maximum atomic E-state index is 13.2. The summed E-state index contributed by atoms with van der Waals surface area (Å²) in [5.74, 6) is 0.562. The van der Waals surface area contributed by atoms with E-state index in [2.05, 4.69) is 30.7 Å². The van der Waals surface area contributed by atoms with Crippen LogP contribution in [0.25, 0.3) is 11.3 Å². The van der Waals surface area contributed by atoms with Gasteiger partial charge in [0, 0.05) is 17.2 Å². The van der Waals surface area contributed by atoms with Gasteiger partial charge in [-0.25, -0.2) is 15.0 Å². The molecule has 1 aliphatic rings. The van der Waals surface area contributed by atoms with Crippen LogP contribution < -0.4 is 10.6 Å². The highest BCUT2D eigenvalue weighted by molar-refractivity contribution is 6.08. The summed E-state index contributed by atoms with van der Waals surface area (Å²) in [7, 11) is 0. The van der Waals surface area contributed by atoms with Gasteiger partial charge in [-0.05, 0) is 25.0 Å². The summed E-state index contributed by atoms with van der Waals surface area (Å²) in [6.07, 6.45) is 8.40. The van der Waals surface area contributed by atoms with Crippen LogP contribution in [0.2, 0.25) is 0 Å². The third-order valence-corrected chi connectivity index (χ3v) is 4.82. The summed E-state index contributed by atoms with van der Waals surface area (Å²) >= 11 is 0. The number of hydrogen-bond acceptors (Lipinski definition) is 7. The molecule has 1 aliphatic carbocycles. The monoisotopic (exact) mass is 398 g/mol. The number of rotatable bonds is 6. The molecule has 0 radical (unpaired) electrons. The number of nitrogens with one attached hydrogen (secondary N) is 2. The van der Waals surface area contributed by atoms with E-state index in [-0.39, 0.29) is 5.91 Å². The zero-order chi connectivity index (χ0) is 20.3. The summed E-state index contributed by atoms with van der Waals surface area (Å²) in [6, 6.07) is 13.3. The van der Waals surface area contributed by atoms with E-state index in [1.165, 1.54) is 12.5 Å². The van der Waals surface area contributed by atoms with E-state index in [4.69, 9.17) is 4.52 Å². The predicted molar refractivity (Wildman–Crippen MR) is 111 cm³/mol. The summed E-state index contributed by atoms with van der Waals surface area (Å²) in [4.78, 5) is 25.8. The molecule has 0 atom stereocenters. The SMILES string of the molecule is O=C(Nc1cnoc1-c1ccccc1)c1nc(C2CC2)ccc1Nc1cncnc1. The van der Waals surface area contributed by atoms with Crippen molar-refractivity contribution in [2.24, 2.45) is 0 Å². The van der Waals surface area contributed by atoms with Crippen LogP contribution >= 0.6 is 0 Å². The summed E-state index contributed by atoms with van der Waals surface area (Å²) in [6.45, 7) is 0. The van der Waals surface area contributed by atoms with E-state index >= 15 is 0 Å². The van der Waals surface area contributed by atoms with Crippen molar-refractivity contribution in [3.63, 3.8) is 0 Å². The number of pyridine rings is 1. The number of anilines is 3. The average molecular weight is 398 g/mol. The molecule has 1 amide bonds. The van der Waals surface area contributed by atoms with Gasteiger partial charge >= 0.3 is 0 Å². The van der Waals surface area contributed by atoms with Crippen LogP contribution in [0, 0.1) is 0 Å². The van der Waals surface area contributed by atoms with Crippen molar-refractivity contribution in [1.29, 1.82) is 0 Å². The second-order valence-corrected chi connectivity index (χ2v) is 7.05. The lowest BCUT2D eigenvalue weighted by Crippen LogP contribution is -2.17. The lowest BCUT2D eigenvalue weighted by atomic mass is 10.1. The molecule has 3 heterocycles. The molecule has 1 aromatic carbocycles. The van der Waals surface area contributed by atoms with E-state index in [1.807, 2.05) is 42.5 Å². The Morgan fingerprint density at radius 1 is 0.967 bits per heavy atom. The first-order chi connectivity index (χ1) is 14.8. The van der Waals surface area contributed by atoms with Gasteiger partial charge in [0.2, 0.25) is 0 Å². The molecule has 30 heavy (non-hydrogen) atoms. The molecule has 0 saturated heterocycles. The molecule has 148 valence electrons. The van der Waals surface area contributed by atoms with Gasteiger partial charge in [-0.1, -0.05) is 35.5 Å². The Morgan fingerprint density at radius 3 is 2.53 bits per heavy atom. The highest BCUT2D eigenvalue weighted by Crippen LogP contribution is 2.40. The fourth-order valence-electron chi connectivity index (χ4n) is 3.18. The Balaban J connectivity index is 1.46. The van der Waals surface area contributed by atoms with Crippen LogP contribution in [-0.2, 0) is 0 Å². The van der Waals surface area contributed by atoms with E-state index in [0.717, 1.165) is 24.1 Å². The molecule has 8 heteroatoms. The van der Waals surface area contributed by atoms with Gasteiger partial charge in [0.25, 0.3) is 5.91 Å². The van der Waals surface area contributed by atoms with E-state index in [0.29, 0.717) is 34.4 Å². The normalized spacial score (nSPS) is 13.1. The lowest BCUT2D eigenvalue weighted by Gasteiger charge is -2.12. The van der Waals surface area contributed by atoms with E-state index in [1.54, 1.807) is 12.4 Å². The highest BCUT2D eigenvalue weighted by Gasteiger charge is 2.27. The Kier molecular flexibility index (Phi) is 4.65. The first kappa shape index (κ1) is 18.0. The summed E-state index contributed by atoms with van der Waals surface area (Å²) in [5, 5.41) is 9.92. The number of aromatic nitrogens is 4. The van der Waals surface area contributed by atoms with Gasteiger partial charge < -0.3 is 15.2 Å². The van der Waals surface area contributed by atoms with E-state index < -0.39 is 0 Å². The van der Waals surface area contributed by atoms with Crippen LogP contribution in [0.4, 0.5) is 17.1 Å². The van der Waals surface area contributed by atoms with Crippen molar-refractivity contribution in [1.82, 2.24) is 20.1 Å². The molecule has 4 aromatic rings. The third-order valence-electron chi connectivity index (χ3n) is 4.82. The zero-order valence-corrected chi connectivity index (χ0v) is 15.9. The molecular weight excluding hydrogens is 380 g/mol. The standard InChI is InChI=1S/C22H18N6O2/c29-22(28-19-12-25-30-21(19)15-4-2-1-3-5-15)20-18(26-16-10-23-13-24-11-16)9-8-17(27-20)14-6-7-14/h1-5,8-14,26H,6-7H2,(H,28,29). The number of hydrogen-bond donors (Lipinski definition) is 2. The van der Waals surface area contributed by atoms with Gasteiger partial charge in [0.1, 0.15) is 12.0 Å². The molecule has 0 unspecified atom stereocenters. The van der Waals surface area contributed by atoms with Crippen LogP contribution in [0.5, 0.6) is 0 Å². The van der Waals surface area contributed by atoms with Crippen molar-refractivity contribution in [3.8, 4) is 11.3 Å². The van der Waals surface area contributed by atoms with Gasteiger partial charge in [0.05, 0.1) is 30.0 Å². The van der Waals surface area contributed by atoms with Crippen LogP contribution in [0.1, 0.15) is 34.9 Å². The van der Waals surface area contributed by atoms with Crippen LogP contribution in [0.15, 0.2) is 71.9 Å². The van der Waals surface area contributed by atoms with Crippen molar-refractivity contribution in [2.75, 3.05) is 10.6 Å². The molecule has 3 aromatic heterocycles. The third kappa shape index (κ3) is 3.75. The molecule has 0 spiro atoms. The Labute approximate surface area is 172 Å². The average Bonchev–Trinajstić information content (AvgIpc) is 3.54. The maximum Gasteiger partial charge on any atom is 0.276 e. The second kappa shape index (κ2) is 7.75. The Hall–Kier alpha value is -4.07. The molecule has 1 fully saturated rings. The fourth-order valence-corrected chi connectivity index (χ4v) is 3.18. The first-order valence-corrected chi connectivity index (χ1v) is 9.62. The van der Waals surface area contributed by atoms with Gasteiger partial charge in [0.15, 0.2) is 11.5 Å². The molecule has 8 nitrogen and oxygen atoms in total. The molecular formula is C22H18N6O2. The number of carbonyl (C=O) groups is 1. The van der Waals surface area contributed by atoms with Gasteiger partial charge in [-0.2, -0.15) is 0 Å². The quantitative estimate of drug-likeness (QED) is 0.496. The highest BCUT2D eigenvalue weighted by atomic mass is 16.5. The molecule has 2 N–H and O–H groups in total. The molecule has 1 saturated carbocycles. The topological polar surface area (TPSA) is 106 Å². The number of carbonyl (C=O) groups excluding carboxylic acids is 1. The van der Waals surface area contributed by atoms with Gasteiger partial charge in [-0.3, -0.25) is 4.79 Å². The summed E-state index contributed by atoms with van der Waals surface area (Å²) < 4.78 is 5.37. The molecule has 0 aliphatic heterocycles. The molecule has 0 bridgehead atoms. The smallest absolute Gasteiger partial charge is 0.276 e. The molecule has 5 rings (SSSR count). The number of benzene rings is 1. The minimum atomic E-state index is -0.350. The predicted octanol–water partition coefficient (Wildman–Crippen LogP) is 4.40. The minimum absolute atomic E-state index is 0.295. The van der Waals surface area contributed by atoms with Crippen molar-refractivity contribution < 1.29 is 9.32 Å². The van der Waals surface area contributed by atoms with Gasteiger partial charge in [-0.15, -0.1) is 0 Å². The Morgan fingerprint density at radius 2 is 1.77 bits per heavy atom. The lowest BCUT2D eigenvalue weighted by molar-refractivity contribution is 0.102. The maximum absolute atomic E-state index is 13.2. The minimum Gasteiger partial charge on any atom is -0.354 e. The number of nitrogens with zero attached hydrogens (tertiary/aromatic N) is 4. The summed E-state index contributed by atoms with van der Waals surface area (Å²) in [5.41, 5.74) is 3.77. The van der Waals surface area contributed by atoms with Crippen LogP contribution in [-0.4, -0.2) is 26.0 Å². The number of amides is 1.